The number of hydrogen-bond acceptors (Lipinski definition) is 6. The fourth-order valence-corrected chi connectivity index (χ4v) is 2.95. The number of amides is 2. The molecule has 1 aliphatic heterocycles. The van der Waals surface area contributed by atoms with Gasteiger partial charge in [-0.15, -0.1) is 0 Å². The predicted molar refractivity (Wildman–Crippen MR) is 103 cm³/mol. The molecule has 0 unspecified atom stereocenters. The molecule has 29 heavy (non-hydrogen) atoms. The fraction of sp³-hybridized carbons (Fsp3) is 0.286. The molecule has 1 fully saturated rings. The lowest BCUT2D eigenvalue weighted by atomic mass is 10.1. The molecule has 152 valence electrons. The Bertz CT molecular complexity index is 879. The average Bonchev–Trinajstić information content (AvgIpc) is 3.12. The number of hydrogen-bond donors (Lipinski definition) is 1. The summed E-state index contributed by atoms with van der Waals surface area (Å²) in [6.45, 7) is 0.517. The molecule has 0 saturated carbocycles. The second-order valence-electron chi connectivity index (χ2n) is 6.47. The molecule has 0 radical (unpaired) electrons. The zero-order valence-electron chi connectivity index (χ0n) is 16.2. The predicted octanol–water partition coefficient (Wildman–Crippen LogP) is 2.12. The number of cyclic esters (lactones) is 1. The molecule has 8 heteroatoms. The maximum absolute atomic E-state index is 12.6. The van der Waals surface area contributed by atoms with Crippen molar-refractivity contribution < 1.29 is 28.6 Å². The Morgan fingerprint density at radius 3 is 2.34 bits per heavy atom. The van der Waals surface area contributed by atoms with Crippen molar-refractivity contribution in [2.45, 2.75) is 19.1 Å². The molecule has 3 rings (SSSR count). The first-order valence-corrected chi connectivity index (χ1v) is 9.03. The van der Waals surface area contributed by atoms with Gasteiger partial charge in [-0.3, -0.25) is 9.69 Å². The van der Waals surface area contributed by atoms with Gasteiger partial charge < -0.3 is 19.5 Å². The minimum absolute atomic E-state index is 0.00643. The van der Waals surface area contributed by atoms with E-state index in [1.165, 1.54) is 12.0 Å². The second kappa shape index (κ2) is 9.09. The maximum Gasteiger partial charge on any atom is 0.410 e. The summed E-state index contributed by atoms with van der Waals surface area (Å²) in [5, 5.41) is 2.83. The SMILES string of the molecule is COC(=O)c1ccc(CN2C(=O)OC[C@H]2C(=O)NCc2ccc(OC)cc2)cc1. The van der Waals surface area contributed by atoms with Crippen molar-refractivity contribution in [2.24, 2.45) is 0 Å². The largest absolute Gasteiger partial charge is 0.497 e. The molecule has 0 aliphatic carbocycles. The van der Waals surface area contributed by atoms with Crippen LogP contribution in [0.3, 0.4) is 0 Å². The highest BCUT2D eigenvalue weighted by atomic mass is 16.6. The lowest BCUT2D eigenvalue weighted by Gasteiger charge is -2.21. The number of ether oxygens (including phenoxy) is 3. The average molecular weight is 398 g/mol. The molecule has 1 heterocycles. The fourth-order valence-electron chi connectivity index (χ4n) is 2.95. The molecule has 2 amide bonds. The van der Waals surface area contributed by atoms with Gasteiger partial charge >= 0.3 is 12.1 Å². The third kappa shape index (κ3) is 4.84. The second-order valence-corrected chi connectivity index (χ2v) is 6.47. The lowest BCUT2D eigenvalue weighted by molar-refractivity contribution is -0.125. The highest BCUT2D eigenvalue weighted by Gasteiger charge is 2.37. The quantitative estimate of drug-likeness (QED) is 0.718. The smallest absolute Gasteiger partial charge is 0.410 e. The summed E-state index contributed by atoms with van der Waals surface area (Å²) in [5.41, 5.74) is 2.09. The van der Waals surface area contributed by atoms with Crippen molar-refractivity contribution in [2.75, 3.05) is 20.8 Å². The van der Waals surface area contributed by atoms with Crippen LogP contribution in [0.25, 0.3) is 0 Å². The molecule has 8 nitrogen and oxygen atoms in total. The van der Waals surface area contributed by atoms with Crippen LogP contribution in [0.5, 0.6) is 5.75 Å². The summed E-state index contributed by atoms with van der Waals surface area (Å²) in [7, 11) is 2.90. The first kappa shape index (κ1) is 20.2. The van der Waals surface area contributed by atoms with Gasteiger partial charge in [0.2, 0.25) is 5.91 Å². The van der Waals surface area contributed by atoms with E-state index in [1.54, 1.807) is 31.4 Å². The number of nitrogens with one attached hydrogen (secondary N) is 1. The Morgan fingerprint density at radius 1 is 1.07 bits per heavy atom. The van der Waals surface area contributed by atoms with Crippen LogP contribution < -0.4 is 10.1 Å². The van der Waals surface area contributed by atoms with Crippen LogP contribution in [-0.4, -0.2) is 49.7 Å². The number of esters is 1. The van der Waals surface area contributed by atoms with Gasteiger partial charge in [0.1, 0.15) is 18.4 Å². The number of nitrogens with zero attached hydrogens (tertiary/aromatic N) is 1. The van der Waals surface area contributed by atoms with Crippen LogP contribution in [0.15, 0.2) is 48.5 Å². The number of rotatable bonds is 7. The lowest BCUT2D eigenvalue weighted by Crippen LogP contribution is -2.45. The first-order valence-electron chi connectivity index (χ1n) is 9.03. The molecule has 1 aliphatic rings. The van der Waals surface area contributed by atoms with Gasteiger partial charge in [-0.1, -0.05) is 24.3 Å². The highest BCUT2D eigenvalue weighted by Crippen LogP contribution is 2.18. The van der Waals surface area contributed by atoms with E-state index < -0.39 is 18.1 Å². The summed E-state index contributed by atoms with van der Waals surface area (Å²) in [4.78, 5) is 37.6. The number of carbonyl (C=O) groups is 3. The zero-order chi connectivity index (χ0) is 20.8. The number of methoxy groups -OCH3 is 2. The zero-order valence-corrected chi connectivity index (χ0v) is 16.2. The van der Waals surface area contributed by atoms with E-state index in [0.29, 0.717) is 12.1 Å². The number of carbonyl (C=O) groups excluding carboxylic acids is 3. The molecule has 1 atom stereocenters. The topological polar surface area (TPSA) is 94.2 Å². The van der Waals surface area contributed by atoms with Gasteiger partial charge in [-0.25, -0.2) is 9.59 Å². The summed E-state index contributed by atoms with van der Waals surface area (Å²) in [6, 6.07) is 13.3. The Hall–Kier alpha value is -3.55. The van der Waals surface area contributed by atoms with E-state index in [-0.39, 0.29) is 19.1 Å². The van der Waals surface area contributed by atoms with Crippen LogP contribution in [-0.2, 0) is 27.4 Å². The van der Waals surface area contributed by atoms with Crippen LogP contribution >= 0.6 is 0 Å². The molecular formula is C21H22N2O6. The van der Waals surface area contributed by atoms with E-state index in [2.05, 4.69) is 10.1 Å². The highest BCUT2D eigenvalue weighted by molar-refractivity contribution is 5.89. The van der Waals surface area contributed by atoms with Gasteiger partial charge in [-0.05, 0) is 35.4 Å². The summed E-state index contributed by atoms with van der Waals surface area (Å²) in [6.07, 6.45) is -0.549. The maximum atomic E-state index is 12.6. The monoisotopic (exact) mass is 398 g/mol. The van der Waals surface area contributed by atoms with E-state index in [9.17, 15) is 14.4 Å². The molecule has 0 aromatic heterocycles. The summed E-state index contributed by atoms with van der Waals surface area (Å²) in [5.74, 6) is 0.00465. The van der Waals surface area contributed by atoms with Crippen LogP contribution in [0.2, 0.25) is 0 Å². The number of benzene rings is 2. The normalized spacial score (nSPS) is 15.6. The van der Waals surface area contributed by atoms with Crippen molar-refractivity contribution in [3.8, 4) is 5.75 Å². The Morgan fingerprint density at radius 2 is 1.72 bits per heavy atom. The molecule has 0 bridgehead atoms. The third-order valence-electron chi connectivity index (χ3n) is 4.63. The third-order valence-corrected chi connectivity index (χ3v) is 4.63. The standard InChI is InChI=1S/C21H22N2O6/c1-27-17-9-5-14(6-10-17)11-22-19(24)18-13-29-21(26)23(18)12-15-3-7-16(8-4-15)20(25)28-2/h3-10,18H,11-13H2,1-2H3,(H,22,24)/t18-/m0/s1. The molecule has 2 aromatic carbocycles. The Labute approximate surface area is 168 Å². The van der Waals surface area contributed by atoms with Crippen LogP contribution in [0, 0.1) is 0 Å². The van der Waals surface area contributed by atoms with Crippen LogP contribution in [0.1, 0.15) is 21.5 Å². The first-order chi connectivity index (χ1) is 14.0. The van der Waals surface area contributed by atoms with Crippen molar-refractivity contribution in [3.05, 3.63) is 65.2 Å². The van der Waals surface area contributed by atoms with Crippen molar-refractivity contribution in [1.29, 1.82) is 0 Å². The van der Waals surface area contributed by atoms with E-state index in [1.807, 2.05) is 24.3 Å². The summed E-state index contributed by atoms with van der Waals surface area (Å²) >= 11 is 0. The van der Waals surface area contributed by atoms with E-state index in [4.69, 9.17) is 9.47 Å². The van der Waals surface area contributed by atoms with E-state index in [0.717, 1.165) is 16.9 Å². The van der Waals surface area contributed by atoms with Gasteiger partial charge in [-0.2, -0.15) is 0 Å². The molecule has 0 spiro atoms. The van der Waals surface area contributed by atoms with Crippen molar-refractivity contribution in [3.63, 3.8) is 0 Å². The van der Waals surface area contributed by atoms with Gasteiger partial charge in [0, 0.05) is 6.54 Å². The minimum atomic E-state index is -0.721. The molecular weight excluding hydrogens is 376 g/mol. The van der Waals surface area contributed by atoms with Gasteiger partial charge in [0.05, 0.1) is 26.3 Å². The Balaban J connectivity index is 1.61. The Kier molecular flexibility index (Phi) is 6.33. The molecule has 2 aromatic rings. The molecule has 1 N–H and O–H groups in total. The molecule has 1 saturated heterocycles. The van der Waals surface area contributed by atoms with Gasteiger partial charge in [0.15, 0.2) is 0 Å². The summed E-state index contributed by atoms with van der Waals surface area (Å²) < 4.78 is 14.8. The van der Waals surface area contributed by atoms with Gasteiger partial charge in [0.25, 0.3) is 0 Å². The van der Waals surface area contributed by atoms with Crippen molar-refractivity contribution >= 4 is 18.0 Å². The van der Waals surface area contributed by atoms with Crippen LogP contribution in [0.4, 0.5) is 4.79 Å². The minimum Gasteiger partial charge on any atom is -0.497 e. The van der Waals surface area contributed by atoms with E-state index >= 15 is 0 Å². The van der Waals surface area contributed by atoms with Crippen molar-refractivity contribution in [1.82, 2.24) is 10.2 Å².